The van der Waals surface area contributed by atoms with Crippen LogP contribution in [0.25, 0.3) is 0 Å². The predicted octanol–water partition coefficient (Wildman–Crippen LogP) is 3.37. The Hall–Kier alpha value is -1.49. The number of hydrogen-bond acceptors (Lipinski definition) is 4. The number of carbonyl (C=O) groups excluding carboxylic acids is 1. The first-order valence-corrected chi connectivity index (χ1v) is 8.09. The Bertz CT molecular complexity index is 490. The minimum Gasteiger partial charge on any atom is -0.465 e. The maximum absolute atomic E-state index is 11.7. The third-order valence-corrected chi connectivity index (χ3v) is 3.90. The maximum Gasteiger partial charge on any atom is 0.407 e. The van der Waals surface area contributed by atoms with Crippen molar-refractivity contribution in [3.8, 4) is 0 Å². The molecule has 2 rings (SSSR count). The van der Waals surface area contributed by atoms with Gasteiger partial charge in [-0.3, -0.25) is 0 Å². The second-order valence-corrected chi connectivity index (χ2v) is 7.07. The number of alkyl carbamates (subject to hydrolysis) is 1. The first-order chi connectivity index (χ1) is 10.3. The lowest BCUT2D eigenvalue weighted by atomic mass is 10.0. The summed E-state index contributed by atoms with van der Waals surface area (Å²) in [6, 6.07) is 4.40. The molecule has 0 radical (unpaired) electrons. The highest BCUT2D eigenvalue weighted by atomic mass is 16.6. The van der Waals surface area contributed by atoms with Gasteiger partial charge in [0.2, 0.25) is 0 Å². The SMILES string of the molecule is Cc1ccc(CNC2CCCC2CNC(=O)OC(C)(C)C)o1. The van der Waals surface area contributed by atoms with Crippen molar-refractivity contribution in [2.45, 2.75) is 65.1 Å². The Labute approximate surface area is 132 Å². The average Bonchev–Trinajstić information content (AvgIpc) is 3.00. The Kier molecular flexibility index (Phi) is 5.51. The molecule has 0 aliphatic heterocycles. The molecule has 22 heavy (non-hydrogen) atoms. The van der Waals surface area contributed by atoms with Gasteiger partial charge in [0.1, 0.15) is 17.1 Å². The molecule has 1 saturated carbocycles. The minimum atomic E-state index is -0.450. The molecule has 0 bridgehead atoms. The third kappa shape index (κ3) is 5.37. The van der Waals surface area contributed by atoms with E-state index in [2.05, 4.69) is 10.6 Å². The van der Waals surface area contributed by atoms with E-state index in [9.17, 15) is 4.79 Å². The van der Waals surface area contributed by atoms with Gasteiger partial charge in [-0.15, -0.1) is 0 Å². The Morgan fingerprint density at radius 3 is 2.77 bits per heavy atom. The van der Waals surface area contributed by atoms with Crippen LogP contribution in [0.2, 0.25) is 0 Å². The lowest BCUT2D eigenvalue weighted by molar-refractivity contribution is 0.0517. The van der Waals surface area contributed by atoms with Crippen molar-refractivity contribution in [1.29, 1.82) is 0 Å². The standard InChI is InChI=1S/C17H28N2O3/c1-12-8-9-14(21-12)11-18-15-7-5-6-13(15)10-19-16(20)22-17(2,3)4/h8-9,13,15,18H,5-7,10-11H2,1-4H3,(H,19,20). The van der Waals surface area contributed by atoms with Crippen molar-refractivity contribution < 1.29 is 13.9 Å². The number of nitrogens with one attached hydrogen (secondary N) is 2. The number of hydrogen-bond donors (Lipinski definition) is 2. The van der Waals surface area contributed by atoms with Crippen molar-refractivity contribution in [1.82, 2.24) is 10.6 Å². The summed E-state index contributed by atoms with van der Waals surface area (Å²) in [5, 5.41) is 6.44. The van der Waals surface area contributed by atoms with Crippen LogP contribution >= 0.6 is 0 Å². The molecule has 1 aliphatic rings. The van der Waals surface area contributed by atoms with E-state index in [1.165, 1.54) is 6.42 Å². The topological polar surface area (TPSA) is 63.5 Å². The zero-order valence-corrected chi connectivity index (χ0v) is 14.1. The zero-order valence-electron chi connectivity index (χ0n) is 14.1. The number of aryl methyl sites for hydroxylation is 1. The van der Waals surface area contributed by atoms with Crippen LogP contribution in [-0.2, 0) is 11.3 Å². The fraction of sp³-hybridized carbons (Fsp3) is 0.706. The highest BCUT2D eigenvalue weighted by Crippen LogP contribution is 2.25. The van der Waals surface area contributed by atoms with Crippen molar-refractivity contribution in [2.75, 3.05) is 6.54 Å². The molecule has 0 saturated heterocycles. The summed E-state index contributed by atoms with van der Waals surface area (Å²) in [5.74, 6) is 2.35. The summed E-state index contributed by atoms with van der Waals surface area (Å²) in [7, 11) is 0. The molecular weight excluding hydrogens is 280 g/mol. The third-order valence-electron chi connectivity index (χ3n) is 3.90. The summed E-state index contributed by atoms with van der Waals surface area (Å²) < 4.78 is 10.9. The summed E-state index contributed by atoms with van der Waals surface area (Å²) >= 11 is 0. The van der Waals surface area contributed by atoms with E-state index < -0.39 is 5.60 Å². The molecular formula is C17H28N2O3. The molecule has 1 aliphatic carbocycles. The normalized spacial score (nSPS) is 21.8. The summed E-state index contributed by atoms with van der Waals surface area (Å²) in [5.41, 5.74) is -0.450. The Morgan fingerprint density at radius 2 is 2.14 bits per heavy atom. The van der Waals surface area contributed by atoms with Gasteiger partial charge in [0.25, 0.3) is 0 Å². The van der Waals surface area contributed by atoms with Gasteiger partial charge in [-0.2, -0.15) is 0 Å². The monoisotopic (exact) mass is 308 g/mol. The molecule has 124 valence electrons. The second-order valence-electron chi connectivity index (χ2n) is 7.07. The largest absolute Gasteiger partial charge is 0.465 e. The van der Waals surface area contributed by atoms with Crippen LogP contribution in [0.5, 0.6) is 0 Å². The molecule has 0 spiro atoms. The van der Waals surface area contributed by atoms with E-state index >= 15 is 0 Å². The van der Waals surface area contributed by atoms with Crippen molar-refractivity contribution in [3.05, 3.63) is 23.7 Å². The molecule has 5 nitrogen and oxygen atoms in total. The van der Waals surface area contributed by atoms with Gasteiger partial charge in [0, 0.05) is 12.6 Å². The van der Waals surface area contributed by atoms with Gasteiger partial charge in [0.05, 0.1) is 6.54 Å². The minimum absolute atomic E-state index is 0.334. The highest BCUT2D eigenvalue weighted by molar-refractivity contribution is 5.67. The summed E-state index contributed by atoms with van der Waals surface area (Å²) in [4.78, 5) is 11.7. The molecule has 1 heterocycles. The van der Waals surface area contributed by atoms with Crippen LogP contribution in [0.4, 0.5) is 4.79 Å². The first-order valence-electron chi connectivity index (χ1n) is 8.09. The van der Waals surface area contributed by atoms with Crippen LogP contribution in [0.1, 0.15) is 51.6 Å². The molecule has 2 N–H and O–H groups in total. The van der Waals surface area contributed by atoms with E-state index in [0.717, 1.165) is 30.9 Å². The van der Waals surface area contributed by atoms with Crippen molar-refractivity contribution in [3.63, 3.8) is 0 Å². The first kappa shape index (κ1) is 16.9. The lowest BCUT2D eigenvalue weighted by Crippen LogP contribution is -2.40. The fourth-order valence-electron chi connectivity index (χ4n) is 2.89. The average molecular weight is 308 g/mol. The highest BCUT2D eigenvalue weighted by Gasteiger charge is 2.28. The van der Waals surface area contributed by atoms with Gasteiger partial charge in [0.15, 0.2) is 0 Å². The van der Waals surface area contributed by atoms with Gasteiger partial charge in [-0.05, 0) is 58.6 Å². The van der Waals surface area contributed by atoms with Crippen molar-refractivity contribution in [2.24, 2.45) is 5.92 Å². The number of rotatable bonds is 5. The van der Waals surface area contributed by atoms with Gasteiger partial charge < -0.3 is 19.8 Å². The van der Waals surface area contributed by atoms with E-state index in [1.807, 2.05) is 39.8 Å². The van der Waals surface area contributed by atoms with Crippen LogP contribution in [0, 0.1) is 12.8 Å². The van der Waals surface area contributed by atoms with Gasteiger partial charge >= 0.3 is 6.09 Å². The summed E-state index contributed by atoms with van der Waals surface area (Å²) in [6.45, 7) is 8.96. The zero-order chi connectivity index (χ0) is 16.2. The van der Waals surface area contributed by atoms with E-state index in [4.69, 9.17) is 9.15 Å². The maximum atomic E-state index is 11.7. The van der Waals surface area contributed by atoms with Crippen LogP contribution in [0.3, 0.4) is 0 Å². The van der Waals surface area contributed by atoms with Crippen LogP contribution in [-0.4, -0.2) is 24.3 Å². The number of furan rings is 1. The fourth-order valence-corrected chi connectivity index (χ4v) is 2.89. The van der Waals surface area contributed by atoms with E-state index in [1.54, 1.807) is 0 Å². The smallest absolute Gasteiger partial charge is 0.407 e. The molecule has 1 aromatic rings. The van der Waals surface area contributed by atoms with Crippen molar-refractivity contribution >= 4 is 6.09 Å². The Balaban J connectivity index is 1.74. The second kappa shape index (κ2) is 7.18. The predicted molar refractivity (Wildman–Crippen MR) is 85.7 cm³/mol. The van der Waals surface area contributed by atoms with Gasteiger partial charge in [-0.1, -0.05) is 6.42 Å². The van der Waals surface area contributed by atoms with Gasteiger partial charge in [-0.25, -0.2) is 4.79 Å². The van der Waals surface area contributed by atoms with E-state index in [-0.39, 0.29) is 6.09 Å². The van der Waals surface area contributed by atoms with Crippen LogP contribution in [0.15, 0.2) is 16.5 Å². The lowest BCUT2D eigenvalue weighted by Gasteiger charge is -2.23. The number of carbonyl (C=O) groups is 1. The molecule has 1 amide bonds. The number of amides is 1. The Morgan fingerprint density at radius 1 is 1.36 bits per heavy atom. The van der Waals surface area contributed by atoms with Crippen LogP contribution < -0.4 is 10.6 Å². The molecule has 1 aromatic heterocycles. The molecule has 2 unspecified atom stereocenters. The van der Waals surface area contributed by atoms with E-state index in [0.29, 0.717) is 18.5 Å². The summed E-state index contributed by atoms with van der Waals surface area (Å²) in [6.07, 6.45) is 3.13. The molecule has 1 fully saturated rings. The molecule has 2 atom stereocenters. The quantitative estimate of drug-likeness (QED) is 0.875. The molecule has 0 aromatic carbocycles. The molecule has 5 heteroatoms. The number of ether oxygens (including phenoxy) is 1.